The highest BCUT2D eigenvalue weighted by Crippen LogP contribution is 2.30. The van der Waals surface area contributed by atoms with Crippen LogP contribution in [0.3, 0.4) is 0 Å². The minimum absolute atomic E-state index is 0. The SMILES string of the molecule is CCNC(=O)N1CCc2ccc(NC(=O)CNC)cc21.Cl. The van der Waals surface area contributed by atoms with Crippen molar-refractivity contribution in [3.8, 4) is 0 Å². The van der Waals surface area contributed by atoms with Crippen LogP contribution in [-0.2, 0) is 11.2 Å². The molecule has 0 spiro atoms. The van der Waals surface area contributed by atoms with E-state index in [2.05, 4.69) is 16.0 Å². The van der Waals surface area contributed by atoms with Crippen molar-refractivity contribution >= 4 is 35.7 Å². The first-order valence-corrected chi connectivity index (χ1v) is 6.78. The first-order chi connectivity index (χ1) is 9.65. The van der Waals surface area contributed by atoms with E-state index in [-0.39, 0.29) is 30.9 Å². The van der Waals surface area contributed by atoms with Crippen LogP contribution in [0.2, 0.25) is 0 Å². The fraction of sp³-hybridized carbons (Fsp3) is 0.429. The lowest BCUT2D eigenvalue weighted by atomic mass is 10.1. The molecule has 3 amide bonds. The highest BCUT2D eigenvalue weighted by Gasteiger charge is 2.24. The molecule has 7 heteroatoms. The standard InChI is InChI=1S/C14H20N4O2.ClH/c1-3-16-14(20)18-7-6-10-4-5-11(8-12(10)18)17-13(19)9-15-2;/h4-5,8,15H,3,6-7,9H2,1-2H3,(H,16,20)(H,17,19);1H. The highest BCUT2D eigenvalue weighted by molar-refractivity contribution is 5.97. The van der Waals surface area contributed by atoms with Gasteiger partial charge in [-0.05, 0) is 38.1 Å². The number of carbonyl (C=O) groups excluding carboxylic acids is 2. The van der Waals surface area contributed by atoms with E-state index in [1.165, 1.54) is 0 Å². The summed E-state index contributed by atoms with van der Waals surface area (Å²) in [4.78, 5) is 25.2. The average Bonchev–Trinajstić information content (AvgIpc) is 2.82. The summed E-state index contributed by atoms with van der Waals surface area (Å²) in [6.45, 7) is 3.43. The molecular formula is C14H21ClN4O2. The maximum Gasteiger partial charge on any atom is 0.321 e. The number of likely N-dealkylation sites (N-methyl/N-ethyl adjacent to an activating group) is 1. The van der Waals surface area contributed by atoms with Crippen molar-refractivity contribution < 1.29 is 9.59 Å². The average molecular weight is 313 g/mol. The number of fused-ring (bicyclic) bond motifs is 1. The van der Waals surface area contributed by atoms with Gasteiger partial charge in [-0.3, -0.25) is 9.69 Å². The Labute approximate surface area is 130 Å². The van der Waals surface area contributed by atoms with Gasteiger partial charge in [0.1, 0.15) is 0 Å². The number of carbonyl (C=O) groups is 2. The Bertz CT molecular complexity index is 522. The first-order valence-electron chi connectivity index (χ1n) is 6.78. The zero-order chi connectivity index (χ0) is 14.5. The molecular weight excluding hydrogens is 292 g/mol. The van der Waals surface area contributed by atoms with Crippen molar-refractivity contribution in [2.75, 3.05) is 36.9 Å². The van der Waals surface area contributed by atoms with Gasteiger partial charge in [0.25, 0.3) is 0 Å². The predicted molar refractivity (Wildman–Crippen MR) is 86.4 cm³/mol. The molecule has 1 aromatic carbocycles. The van der Waals surface area contributed by atoms with Crippen LogP contribution in [0.4, 0.5) is 16.2 Å². The number of rotatable bonds is 4. The van der Waals surface area contributed by atoms with Gasteiger partial charge in [0.05, 0.1) is 12.2 Å². The normalized spacial score (nSPS) is 12.4. The number of amides is 3. The van der Waals surface area contributed by atoms with E-state index in [1.54, 1.807) is 11.9 Å². The molecule has 0 saturated heterocycles. The molecule has 0 saturated carbocycles. The second kappa shape index (κ2) is 7.85. The highest BCUT2D eigenvalue weighted by atomic mass is 35.5. The maximum atomic E-state index is 12.0. The van der Waals surface area contributed by atoms with E-state index < -0.39 is 0 Å². The third-order valence-electron chi connectivity index (χ3n) is 3.18. The number of hydrogen-bond donors (Lipinski definition) is 3. The van der Waals surface area contributed by atoms with Crippen LogP contribution in [0.1, 0.15) is 12.5 Å². The van der Waals surface area contributed by atoms with Crippen LogP contribution in [0.25, 0.3) is 0 Å². The molecule has 0 fully saturated rings. The Morgan fingerprint density at radius 2 is 2.10 bits per heavy atom. The fourth-order valence-corrected chi connectivity index (χ4v) is 2.28. The smallest absolute Gasteiger partial charge is 0.321 e. The molecule has 116 valence electrons. The summed E-state index contributed by atoms with van der Waals surface area (Å²) in [7, 11) is 1.72. The van der Waals surface area contributed by atoms with E-state index in [4.69, 9.17) is 0 Å². The van der Waals surface area contributed by atoms with Crippen molar-refractivity contribution in [2.45, 2.75) is 13.3 Å². The topological polar surface area (TPSA) is 73.5 Å². The number of anilines is 2. The van der Waals surface area contributed by atoms with Gasteiger partial charge in [0.2, 0.25) is 5.91 Å². The third-order valence-corrected chi connectivity index (χ3v) is 3.18. The molecule has 0 unspecified atom stereocenters. The summed E-state index contributed by atoms with van der Waals surface area (Å²) < 4.78 is 0. The summed E-state index contributed by atoms with van der Waals surface area (Å²) in [6.07, 6.45) is 0.844. The Kier molecular flexibility index (Phi) is 6.45. The molecule has 6 nitrogen and oxygen atoms in total. The fourth-order valence-electron chi connectivity index (χ4n) is 2.28. The Morgan fingerprint density at radius 1 is 1.33 bits per heavy atom. The Balaban J connectivity index is 0.00000220. The lowest BCUT2D eigenvalue weighted by Gasteiger charge is -2.18. The number of urea groups is 1. The molecule has 0 bridgehead atoms. The van der Waals surface area contributed by atoms with Crippen LogP contribution < -0.4 is 20.9 Å². The second-order valence-electron chi connectivity index (χ2n) is 4.66. The summed E-state index contributed by atoms with van der Waals surface area (Å²) in [5.74, 6) is -0.102. The monoisotopic (exact) mass is 312 g/mol. The zero-order valence-corrected chi connectivity index (χ0v) is 13.0. The molecule has 1 aliphatic heterocycles. The summed E-state index contributed by atoms with van der Waals surface area (Å²) in [6, 6.07) is 5.59. The van der Waals surface area contributed by atoms with Gasteiger partial charge in [-0.1, -0.05) is 6.07 Å². The quantitative estimate of drug-likeness (QED) is 0.786. The molecule has 0 aliphatic carbocycles. The Hall–Kier alpha value is -1.79. The predicted octanol–water partition coefficient (Wildman–Crippen LogP) is 1.36. The number of halogens is 1. The minimum Gasteiger partial charge on any atom is -0.338 e. The number of benzene rings is 1. The number of hydrogen-bond acceptors (Lipinski definition) is 3. The molecule has 0 aromatic heterocycles. The van der Waals surface area contributed by atoms with Gasteiger partial charge in [-0.25, -0.2) is 4.79 Å². The maximum absolute atomic E-state index is 12.0. The van der Waals surface area contributed by atoms with E-state index in [0.717, 1.165) is 17.7 Å². The van der Waals surface area contributed by atoms with Gasteiger partial charge < -0.3 is 16.0 Å². The van der Waals surface area contributed by atoms with Crippen LogP contribution in [0.5, 0.6) is 0 Å². The van der Waals surface area contributed by atoms with Crippen LogP contribution >= 0.6 is 12.4 Å². The van der Waals surface area contributed by atoms with Gasteiger partial charge in [-0.2, -0.15) is 0 Å². The summed E-state index contributed by atoms with van der Waals surface area (Å²) in [5.41, 5.74) is 2.71. The van der Waals surface area contributed by atoms with Gasteiger partial charge in [0, 0.05) is 18.8 Å². The van der Waals surface area contributed by atoms with E-state index in [0.29, 0.717) is 18.8 Å². The molecule has 3 N–H and O–H groups in total. The van der Waals surface area contributed by atoms with Crippen LogP contribution in [-0.4, -0.2) is 38.6 Å². The van der Waals surface area contributed by atoms with Crippen LogP contribution in [0.15, 0.2) is 18.2 Å². The van der Waals surface area contributed by atoms with E-state index in [1.807, 2.05) is 25.1 Å². The summed E-state index contributed by atoms with van der Waals surface area (Å²) >= 11 is 0. The van der Waals surface area contributed by atoms with E-state index >= 15 is 0 Å². The number of nitrogens with one attached hydrogen (secondary N) is 3. The zero-order valence-electron chi connectivity index (χ0n) is 12.2. The molecule has 1 aromatic rings. The molecule has 2 rings (SSSR count). The minimum atomic E-state index is -0.102. The molecule has 0 atom stereocenters. The molecule has 21 heavy (non-hydrogen) atoms. The van der Waals surface area contributed by atoms with Crippen molar-refractivity contribution in [3.05, 3.63) is 23.8 Å². The third kappa shape index (κ3) is 4.09. The largest absolute Gasteiger partial charge is 0.338 e. The van der Waals surface area contributed by atoms with Gasteiger partial charge >= 0.3 is 6.03 Å². The number of nitrogens with zero attached hydrogens (tertiary/aromatic N) is 1. The van der Waals surface area contributed by atoms with Crippen molar-refractivity contribution in [1.29, 1.82) is 0 Å². The van der Waals surface area contributed by atoms with Crippen molar-refractivity contribution in [2.24, 2.45) is 0 Å². The van der Waals surface area contributed by atoms with E-state index in [9.17, 15) is 9.59 Å². The lowest BCUT2D eigenvalue weighted by Crippen LogP contribution is -2.38. The molecule has 0 radical (unpaired) electrons. The van der Waals surface area contributed by atoms with Gasteiger partial charge in [0.15, 0.2) is 0 Å². The van der Waals surface area contributed by atoms with Gasteiger partial charge in [-0.15, -0.1) is 12.4 Å². The van der Waals surface area contributed by atoms with Crippen LogP contribution in [0, 0.1) is 0 Å². The summed E-state index contributed by atoms with van der Waals surface area (Å²) in [5, 5.41) is 8.40. The lowest BCUT2D eigenvalue weighted by molar-refractivity contribution is -0.115. The molecule has 1 heterocycles. The Morgan fingerprint density at radius 3 is 2.76 bits per heavy atom. The van der Waals surface area contributed by atoms with Crippen molar-refractivity contribution in [3.63, 3.8) is 0 Å². The first kappa shape index (κ1) is 17.3. The second-order valence-corrected chi connectivity index (χ2v) is 4.66. The molecule has 1 aliphatic rings. The van der Waals surface area contributed by atoms with Crippen molar-refractivity contribution in [1.82, 2.24) is 10.6 Å².